The highest BCUT2D eigenvalue weighted by molar-refractivity contribution is 5.33. The van der Waals surface area contributed by atoms with Crippen LogP contribution >= 0.6 is 0 Å². The maximum absolute atomic E-state index is 9.35. The van der Waals surface area contributed by atoms with Crippen LogP contribution in [0.25, 0.3) is 0 Å². The summed E-state index contributed by atoms with van der Waals surface area (Å²) in [4.78, 5) is 0. The first-order valence-corrected chi connectivity index (χ1v) is 5.25. The van der Waals surface area contributed by atoms with Gasteiger partial charge < -0.3 is 14.8 Å². The van der Waals surface area contributed by atoms with Crippen molar-refractivity contribution in [3.05, 3.63) is 17.9 Å². The van der Waals surface area contributed by atoms with Gasteiger partial charge in [-0.05, 0) is 38.7 Å². The highest BCUT2D eigenvalue weighted by atomic mass is 16.4. The molecular weight excluding hydrogens is 178 g/mol. The lowest BCUT2D eigenvalue weighted by Gasteiger charge is -2.25. The van der Waals surface area contributed by atoms with Gasteiger partial charge in [-0.25, -0.2) is 0 Å². The highest BCUT2D eigenvalue weighted by Crippen LogP contribution is 2.22. The van der Waals surface area contributed by atoms with Crippen LogP contribution in [0, 0.1) is 6.92 Å². The lowest BCUT2D eigenvalue weighted by Crippen LogP contribution is -2.27. The van der Waals surface area contributed by atoms with E-state index in [0.717, 1.165) is 37.3 Å². The Bertz CT molecular complexity index is 287. The maximum Gasteiger partial charge on any atom is 0.193 e. The zero-order valence-corrected chi connectivity index (χ0v) is 8.49. The van der Waals surface area contributed by atoms with Gasteiger partial charge in [-0.2, -0.15) is 0 Å². The Kier molecular flexibility index (Phi) is 2.77. The van der Waals surface area contributed by atoms with Crippen molar-refractivity contribution < 1.29 is 9.52 Å². The quantitative estimate of drug-likeness (QED) is 0.761. The molecule has 3 nitrogen and oxygen atoms in total. The molecule has 0 atom stereocenters. The van der Waals surface area contributed by atoms with Gasteiger partial charge >= 0.3 is 0 Å². The molecule has 0 bridgehead atoms. The summed E-state index contributed by atoms with van der Waals surface area (Å²) in [6.07, 6.45) is 3.77. The molecule has 1 fully saturated rings. The molecule has 0 aliphatic heterocycles. The molecule has 0 unspecified atom stereocenters. The van der Waals surface area contributed by atoms with E-state index < -0.39 is 0 Å². The van der Waals surface area contributed by atoms with Crippen molar-refractivity contribution >= 4 is 5.88 Å². The van der Waals surface area contributed by atoms with E-state index in [4.69, 9.17) is 4.42 Å². The fourth-order valence-electron chi connectivity index (χ4n) is 1.93. The topological polar surface area (TPSA) is 45.4 Å². The number of hydrogen-bond acceptors (Lipinski definition) is 3. The molecular formula is C11H17NO2. The molecule has 78 valence electrons. The molecule has 1 saturated carbocycles. The summed E-state index contributed by atoms with van der Waals surface area (Å²) in [5.41, 5.74) is 0. The van der Waals surface area contributed by atoms with Crippen LogP contribution in [0.2, 0.25) is 0 Å². The third-order valence-corrected chi connectivity index (χ3v) is 2.78. The second-order valence-corrected chi connectivity index (χ2v) is 4.06. The zero-order chi connectivity index (χ0) is 9.97. The molecule has 0 saturated heterocycles. The van der Waals surface area contributed by atoms with Gasteiger partial charge in [0.15, 0.2) is 5.88 Å². The Morgan fingerprint density at radius 3 is 2.57 bits per heavy atom. The van der Waals surface area contributed by atoms with Crippen molar-refractivity contribution in [1.29, 1.82) is 0 Å². The van der Waals surface area contributed by atoms with E-state index in [1.165, 1.54) is 0 Å². The molecule has 0 radical (unpaired) electrons. The maximum atomic E-state index is 9.35. The third-order valence-electron chi connectivity index (χ3n) is 2.78. The summed E-state index contributed by atoms with van der Waals surface area (Å²) in [6.45, 7) is 1.94. The smallest absolute Gasteiger partial charge is 0.193 e. The van der Waals surface area contributed by atoms with Crippen molar-refractivity contribution in [2.75, 3.05) is 5.32 Å². The van der Waals surface area contributed by atoms with E-state index >= 15 is 0 Å². The molecule has 0 aromatic carbocycles. The second kappa shape index (κ2) is 4.05. The van der Waals surface area contributed by atoms with Gasteiger partial charge in [-0.15, -0.1) is 0 Å². The summed E-state index contributed by atoms with van der Waals surface area (Å²) >= 11 is 0. The number of hydrogen-bond donors (Lipinski definition) is 2. The largest absolute Gasteiger partial charge is 0.446 e. The van der Waals surface area contributed by atoms with Crippen molar-refractivity contribution in [2.24, 2.45) is 0 Å². The standard InChI is InChI=1S/C11H17NO2/c1-8-2-7-11(14-8)12-9-3-5-10(13)6-4-9/h2,7,9-10,12-13H,3-6H2,1H3. The fraction of sp³-hybridized carbons (Fsp3) is 0.636. The second-order valence-electron chi connectivity index (χ2n) is 4.06. The number of aliphatic hydroxyl groups is 1. The molecule has 2 N–H and O–H groups in total. The molecule has 1 aromatic rings. The Morgan fingerprint density at radius 1 is 1.29 bits per heavy atom. The van der Waals surface area contributed by atoms with Crippen molar-refractivity contribution in [3.8, 4) is 0 Å². The van der Waals surface area contributed by atoms with E-state index in [1.807, 2.05) is 19.1 Å². The average Bonchev–Trinajstić information content (AvgIpc) is 2.56. The molecule has 1 aliphatic rings. The van der Waals surface area contributed by atoms with Crippen LogP contribution < -0.4 is 5.32 Å². The van der Waals surface area contributed by atoms with Crippen LogP contribution in [-0.4, -0.2) is 17.3 Å². The van der Waals surface area contributed by atoms with Gasteiger partial charge in [-0.1, -0.05) is 0 Å². The molecule has 1 aliphatic carbocycles. The minimum absolute atomic E-state index is 0.0913. The number of rotatable bonds is 2. The molecule has 1 heterocycles. The van der Waals surface area contributed by atoms with Crippen LogP contribution in [-0.2, 0) is 0 Å². The monoisotopic (exact) mass is 195 g/mol. The van der Waals surface area contributed by atoms with Gasteiger partial charge in [0, 0.05) is 12.1 Å². The van der Waals surface area contributed by atoms with Crippen LogP contribution in [0.3, 0.4) is 0 Å². The number of aryl methyl sites for hydroxylation is 1. The molecule has 2 rings (SSSR count). The van der Waals surface area contributed by atoms with E-state index in [9.17, 15) is 5.11 Å². The van der Waals surface area contributed by atoms with E-state index in [2.05, 4.69) is 5.32 Å². The molecule has 3 heteroatoms. The Hall–Kier alpha value is -0.960. The van der Waals surface area contributed by atoms with Gasteiger partial charge in [0.1, 0.15) is 5.76 Å². The molecule has 0 amide bonds. The first-order chi connectivity index (χ1) is 6.74. The van der Waals surface area contributed by atoms with Gasteiger partial charge in [0.25, 0.3) is 0 Å². The summed E-state index contributed by atoms with van der Waals surface area (Å²) in [5, 5.41) is 12.7. The SMILES string of the molecule is Cc1ccc(NC2CCC(O)CC2)o1. The Morgan fingerprint density at radius 2 is 2.00 bits per heavy atom. The highest BCUT2D eigenvalue weighted by Gasteiger charge is 2.19. The Labute approximate surface area is 84.1 Å². The molecule has 14 heavy (non-hydrogen) atoms. The van der Waals surface area contributed by atoms with Gasteiger partial charge in [0.2, 0.25) is 0 Å². The van der Waals surface area contributed by atoms with E-state index in [-0.39, 0.29) is 6.10 Å². The minimum atomic E-state index is -0.0913. The Balaban J connectivity index is 1.86. The van der Waals surface area contributed by atoms with Crippen LogP contribution in [0.5, 0.6) is 0 Å². The van der Waals surface area contributed by atoms with E-state index in [0.29, 0.717) is 6.04 Å². The lowest BCUT2D eigenvalue weighted by molar-refractivity contribution is 0.125. The summed E-state index contributed by atoms with van der Waals surface area (Å²) in [5.74, 6) is 1.78. The zero-order valence-electron chi connectivity index (χ0n) is 8.49. The van der Waals surface area contributed by atoms with Crippen LogP contribution in [0.4, 0.5) is 5.88 Å². The normalized spacial score (nSPS) is 27.6. The number of anilines is 1. The number of aliphatic hydroxyl groups excluding tert-OH is 1. The van der Waals surface area contributed by atoms with Gasteiger partial charge in [-0.3, -0.25) is 0 Å². The number of nitrogens with one attached hydrogen (secondary N) is 1. The predicted molar refractivity (Wildman–Crippen MR) is 55.3 cm³/mol. The average molecular weight is 195 g/mol. The molecule has 0 spiro atoms. The third kappa shape index (κ3) is 2.29. The van der Waals surface area contributed by atoms with E-state index in [1.54, 1.807) is 0 Å². The minimum Gasteiger partial charge on any atom is -0.446 e. The summed E-state index contributed by atoms with van der Waals surface area (Å²) in [6, 6.07) is 4.38. The fourth-order valence-corrected chi connectivity index (χ4v) is 1.93. The summed E-state index contributed by atoms with van der Waals surface area (Å²) in [7, 11) is 0. The van der Waals surface area contributed by atoms with Crippen LogP contribution in [0.15, 0.2) is 16.5 Å². The first-order valence-electron chi connectivity index (χ1n) is 5.25. The number of furan rings is 1. The van der Waals surface area contributed by atoms with Gasteiger partial charge in [0.05, 0.1) is 6.10 Å². The predicted octanol–water partition coefficient (Wildman–Crippen LogP) is 2.30. The molecule has 1 aromatic heterocycles. The lowest BCUT2D eigenvalue weighted by atomic mass is 9.93. The summed E-state index contributed by atoms with van der Waals surface area (Å²) < 4.78 is 5.44. The van der Waals surface area contributed by atoms with Crippen molar-refractivity contribution in [3.63, 3.8) is 0 Å². The van der Waals surface area contributed by atoms with Crippen molar-refractivity contribution in [2.45, 2.75) is 44.8 Å². The van der Waals surface area contributed by atoms with Crippen LogP contribution in [0.1, 0.15) is 31.4 Å². The van der Waals surface area contributed by atoms with Crippen molar-refractivity contribution in [1.82, 2.24) is 0 Å². The first kappa shape index (κ1) is 9.59.